The molecule has 1 amide bonds. The molecule has 0 aromatic heterocycles. The molecule has 0 unspecified atom stereocenters. The summed E-state index contributed by atoms with van der Waals surface area (Å²) < 4.78 is 28.0. The summed E-state index contributed by atoms with van der Waals surface area (Å²) in [5.41, 5.74) is 1.59. The van der Waals surface area contributed by atoms with E-state index in [-0.39, 0.29) is 5.91 Å². The number of hydrogen-bond donors (Lipinski definition) is 1. The van der Waals surface area contributed by atoms with Crippen LogP contribution in [0.25, 0.3) is 11.1 Å². The fourth-order valence-electron chi connectivity index (χ4n) is 3.27. The SMILES string of the molecule is CCNC(=O)CN1CCN(S(=O)(=O)c2ccccc2-c2ccccc2)CC1. The minimum Gasteiger partial charge on any atom is -0.355 e. The van der Waals surface area contributed by atoms with E-state index in [0.29, 0.717) is 49.7 Å². The molecule has 1 fully saturated rings. The second-order valence-electron chi connectivity index (χ2n) is 6.50. The smallest absolute Gasteiger partial charge is 0.243 e. The zero-order chi connectivity index (χ0) is 19.3. The van der Waals surface area contributed by atoms with Crippen LogP contribution < -0.4 is 5.32 Å². The highest BCUT2D eigenvalue weighted by atomic mass is 32.2. The van der Waals surface area contributed by atoms with E-state index in [1.165, 1.54) is 4.31 Å². The summed E-state index contributed by atoms with van der Waals surface area (Å²) in [5, 5.41) is 2.77. The van der Waals surface area contributed by atoms with Crippen LogP contribution in [0.1, 0.15) is 6.92 Å². The van der Waals surface area contributed by atoms with Gasteiger partial charge in [-0.25, -0.2) is 8.42 Å². The summed E-state index contributed by atoms with van der Waals surface area (Å²) in [4.78, 5) is 14.0. The quantitative estimate of drug-likeness (QED) is 0.821. The molecule has 27 heavy (non-hydrogen) atoms. The number of likely N-dealkylation sites (N-methyl/N-ethyl adjacent to an activating group) is 1. The first-order valence-corrected chi connectivity index (χ1v) is 10.6. The Morgan fingerprint density at radius 3 is 2.26 bits per heavy atom. The van der Waals surface area contributed by atoms with Crippen molar-refractivity contribution in [3.8, 4) is 11.1 Å². The molecule has 6 nitrogen and oxygen atoms in total. The van der Waals surface area contributed by atoms with E-state index in [4.69, 9.17) is 0 Å². The van der Waals surface area contributed by atoms with Gasteiger partial charge in [-0.05, 0) is 18.6 Å². The molecule has 1 N–H and O–H groups in total. The van der Waals surface area contributed by atoms with Crippen LogP contribution >= 0.6 is 0 Å². The van der Waals surface area contributed by atoms with Gasteiger partial charge in [-0.15, -0.1) is 0 Å². The monoisotopic (exact) mass is 387 g/mol. The lowest BCUT2D eigenvalue weighted by molar-refractivity contribution is -0.122. The van der Waals surface area contributed by atoms with Crippen molar-refractivity contribution >= 4 is 15.9 Å². The van der Waals surface area contributed by atoms with E-state index < -0.39 is 10.0 Å². The average Bonchev–Trinajstić information content (AvgIpc) is 2.69. The minimum atomic E-state index is -3.60. The third kappa shape index (κ3) is 4.55. The third-order valence-corrected chi connectivity index (χ3v) is 6.62. The second-order valence-corrected chi connectivity index (χ2v) is 8.40. The van der Waals surface area contributed by atoms with Gasteiger partial charge in [-0.3, -0.25) is 9.69 Å². The molecule has 1 heterocycles. The van der Waals surface area contributed by atoms with E-state index in [1.807, 2.05) is 54.3 Å². The highest BCUT2D eigenvalue weighted by Crippen LogP contribution is 2.29. The predicted molar refractivity (Wildman–Crippen MR) is 106 cm³/mol. The number of nitrogens with one attached hydrogen (secondary N) is 1. The molecule has 0 bridgehead atoms. The highest BCUT2D eigenvalue weighted by Gasteiger charge is 2.30. The van der Waals surface area contributed by atoms with Crippen LogP contribution in [0.3, 0.4) is 0 Å². The van der Waals surface area contributed by atoms with Gasteiger partial charge in [0.1, 0.15) is 0 Å². The lowest BCUT2D eigenvalue weighted by Gasteiger charge is -2.33. The van der Waals surface area contributed by atoms with Crippen molar-refractivity contribution in [3.05, 3.63) is 54.6 Å². The van der Waals surface area contributed by atoms with Crippen molar-refractivity contribution in [3.63, 3.8) is 0 Å². The molecular weight excluding hydrogens is 362 g/mol. The van der Waals surface area contributed by atoms with Crippen molar-refractivity contribution in [2.75, 3.05) is 39.3 Å². The number of piperazine rings is 1. The van der Waals surface area contributed by atoms with E-state index in [1.54, 1.807) is 12.1 Å². The molecule has 1 saturated heterocycles. The Bertz CT molecular complexity index is 876. The number of hydrogen-bond acceptors (Lipinski definition) is 4. The number of sulfonamides is 1. The molecule has 2 aromatic rings. The summed E-state index contributed by atoms with van der Waals surface area (Å²) in [5.74, 6) is -0.0248. The zero-order valence-corrected chi connectivity index (χ0v) is 16.3. The molecular formula is C20H25N3O3S. The molecule has 0 radical (unpaired) electrons. The molecule has 144 valence electrons. The summed E-state index contributed by atoms with van der Waals surface area (Å²) in [6, 6.07) is 16.7. The molecule has 2 aromatic carbocycles. The van der Waals surface area contributed by atoms with E-state index in [2.05, 4.69) is 5.32 Å². The molecule has 0 atom stereocenters. The third-order valence-electron chi connectivity index (χ3n) is 4.66. The van der Waals surface area contributed by atoms with Crippen LogP contribution in [0.2, 0.25) is 0 Å². The van der Waals surface area contributed by atoms with Crippen LogP contribution in [-0.2, 0) is 14.8 Å². The second kappa shape index (κ2) is 8.65. The maximum absolute atomic E-state index is 13.2. The molecule has 0 aliphatic carbocycles. The van der Waals surface area contributed by atoms with Crippen molar-refractivity contribution in [1.82, 2.24) is 14.5 Å². The molecule has 1 aliphatic rings. The number of carbonyl (C=O) groups excluding carboxylic acids is 1. The van der Waals surface area contributed by atoms with Crippen molar-refractivity contribution < 1.29 is 13.2 Å². The molecule has 0 spiro atoms. The van der Waals surface area contributed by atoms with Crippen LogP contribution in [0.15, 0.2) is 59.5 Å². The van der Waals surface area contributed by atoms with Gasteiger partial charge in [0.25, 0.3) is 0 Å². The molecule has 3 rings (SSSR count). The minimum absolute atomic E-state index is 0.0248. The Kier molecular flexibility index (Phi) is 6.26. The van der Waals surface area contributed by atoms with Gasteiger partial charge >= 0.3 is 0 Å². The van der Waals surface area contributed by atoms with Crippen LogP contribution in [0.5, 0.6) is 0 Å². The number of carbonyl (C=O) groups is 1. The topological polar surface area (TPSA) is 69.7 Å². The van der Waals surface area contributed by atoms with Crippen LogP contribution in [-0.4, -0.2) is 62.8 Å². The lowest BCUT2D eigenvalue weighted by Crippen LogP contribution is -2.51. The summed E-state index contributed by atoms with van der Waals surface area (Å²) >= 11 is 0. The van der Waals surface area contributed by atoms with Gasteiger partial charge in [0, 0.05) is 38.3 Å². The Labute approximate surface area is 160 Å². The fraction of sp³-hybridized carbons (Fsp3) is 0.350. The van der Waals surface area contributed by atoms with Gasteiger partial charge in [-0.2, -0.15) is 4.31 Å². The number of rotatable bonds is 6. The van der Waals surface area contributed by atoms with E-state index >= 15 is 0 Å². The van der Waals surface area contributed by atoms with E-state index in [0.717, 1.165) is 5.56 Å². The lowest BCUT2D eigenvalue weighted by atomic mass is 10.1. The summed E-state index contributed by atoms with van der Waals surface area (Å²) in [6.07, 6.45) is 0. The Morgan fingerprint density at radius 2 is 1.59 bits per heavy atom. The van der Waals surface area contributed by atoms with Crippen molar-refractivity contribution in [2.45, 2.75) is 11.8 Å². The standard InChI is InChI=1S/C20H25N3O3S/c1-2-21-20(24)16-22-12-14-23(15-13-22)27(25,26)19-11-7-6-10-18(19)17-8-4-3-5-9-17/h3-11H,2,12-16H2,1H3,(H,21,24). The number of amides is 1. The average molecular weight is 388 g/mol. The zero-order valence-electron chi connectivity index (χ0n) is 15.5. The number of benzene rings is 2. The largest absolute Gasteiger partial charge is 0.355 e. The maximum Gasteiger partial charge on any atom is 0.243 e. The number of nitrogens with zero attached hydrogens (tertiary/aromatic N) is 2. The highest BCUT2D eigenvalue weighted by molar-refractivity contribution is 7.89. The van der Waals surface area contributed by atoms with Gasteiger partial charge in [-0.1, -0.05) is 48.5 Å². The van der Waals surface area contributed by atoms with Gasteiger partial charge < -0.3 is 5.32 Å². The Hall–Kier alpha value is -2.22. The van der Waals surface area contributed by atoms with Crippen molar-refractivity contribution in [1.29, 1.82) is 0 Å². The normalized spacial score (nSPS) is 16.2. The molecule has 1 aliphatic heterocycles. The van der Waals surface area contributed by atoms with Gasteiger partial charge in [0.05, 0.1) is 11.4 Å². The van der Waals surface area contributed by atoms with E-state index in [9.17, 15) is 13.2 Å². The first-order valence-electron chi connectivity index (χ1n) is 9.16. The Morgan fingerprint density at radius 1 is 0.963 bits per heavy atom. The van der Waals surface area contributed by atoms with Gasteiger partial charge in [0.15, 0.2) is 0 Å². The van der Waals surface area contributed by atoms with Crippen LogP contribution in [0.4, 0.5) is 0 Å². The van der Waals surface area contributed by atoms with Crippen molar-refractivity contribution in [2.24, 2.45) is 0 Å². The first-order chi connectivity index (χ1) is 13.0. The first kappa shape index (κ1) is 19.5. The predicted octanol–water partition coefficient (Wildman–Crippen LogP) is 1.80. The molecule has 0 saturated carbocycles. The molecule has 7 heteroatoms. The summed E-state index contributed by atoms with van der Waals surface area (Å²) in [6.45, 7) is 4.64. The summed E-state index contributed by atoms with van der Waals surface area (Å²) in [7, 11) is -3.60. The van der Waals surface area contributed by atoms with Crippen LogP contribution in [0, 0.1) is 0 Å². The maximum atomic E-state index is 13.2. The fourth-order valence-corrected chi connectivity index (χ4v) is 4.91. The Balaban J connectivity index is 1.76. The van der Waals surface area contributed by atoms with Gasteiger partial charge in [0.2, 0.25) is 15.9 Å².